The molecule has 0 amide bonds. The Balaban J connectivity index is 1.14. The molecule has 0 spiro atoms. The normalized spacial score (nSPS) is 11.9. The third kappa shape index (κ3) is 4.53. The molecule has 3 aromatic heterocycles. The van der Waals surface area contributed by atoms with Crippen molar-refractivity contribution < 1.29 is 4.42 Å². The summed E-state index contributed by atoms with van der Waals surface area (Å²) in [4.78, 5) is 10.9. The van der Waals surface area contributed by atoms with E-state index < -0.39 is 0 Å². The number of rotatable bonds is 4. The summed E-state index contributed by atoms with van der Waals surface area (Å²) in [5.41, 5.74) is 11.1. The van der Waals surface area contributed by atoms with Crippen molar-refractivity contribution in [2.45, 2.75) is 0 Å². The molecule has 0 saturated heterocycles. The van der Waals surface area contributed by atoms with E-state index in [1.807, 2.05) is 12.1 Å². The minimum atomic E-state index is 0.622. The highest BCUT2D eigenvalue weighted by Crippen LogP contribution is 2.44. The number of hydrogen-bond donors (Lipinski definition) is 0. The van der Waals surface area contributed by atoms with E-state index in [-0.39, 0.29) is 0 Å². The maximum absolute atomic E-state index is 6.64. The van der Waals surface area contributed by atoms with Gasteiger partial charge >= 0.3 is 0 Å². The Kier molecular flexibility index (Phi) is 6.60. The molecule has 0 aliphatic carbocycles. The summed E-state index contributed by atoms with van der Waals surface area (Å²) in [5, 5.41) is 10.4. The molecule has 0 aliphatic heterocycles. The van der Waals surface area contributed by atoms with Crippen molar-refractivity contribution in [2.75, 3.05) is 0 Å². The Morgan fingerprint density at radius 3 is 1.86 bits per heavy atom. The van der Waals surface area contributed by atoms with Crippen LogP contribution in [-0.2, 0) is 0 Å². The second-order valence-corrected chi connectivity index (χ2v) is 14.5. The van der Waals surface area contributed by atoms with Gasteiger partial charge in [0.2, 0.25) is 5.95 Å². The average Bonchev–Trinajstić information content (AvgIpc) is 3.82. The van der Waals surface area contributed by atoms with E-state index in [1.54, 1.807) is 0 Å². The molecule has 56 heavy (non-hydrogen) atoms. The van der Waals surface area contributed by atoms with Crippen LogP contribution in [0, 0.1) is 0 Å². The molecule has 4 heteroatoms. The fourth-order valence-corrected chi connectivity index (χ4v) is 8.89. The number of para-hydroxylation sites is 4. The van der Waals surface area contributed by atoms with Gasteiger partial charge in [0.05, 0.1) is 22.2 Å². The maximum atomic E-state index is 6.64. The van der Waals surface area contributed by atoms with Gasteiger partial charge in [-0.2, -0.15) is 0 Å². The smallest absolute Gasteiger partial charge is 0.235 e. The lowest BCUT2D eigenvalue weighted by atomic mass is 9.96. The molecule has 12 aromatic rings. The molecular weight excluding hydrogens is 683 g/mol. The highest BCUT2D eigenvalue weighted by molar-refractivity contribution is 6.24. The van der Waals surface area contributed by atoms with E-state index in [9.17, 15) is 0 Å². The molecule has 0 bridgehead atoms. The highest BCUT2D eigenvalue weighted by atomic mass is 16.3. The number of fused-ring (bicyclic) bond motifs is 10. The van der Waals surface area contributed by atoms with E-state index in [0.717, 1.165) is 71.6 Å². The first-order valence-electron chi connectivity index (χ1n) is 19.0. The van der Waals surface area contributed by atoms with Crippen molar-refractivity contribution in [1.82, 2.24) is 14.5 Å². The summed E-state index contributed by atoms with van der Waals surface area (Å²) in [5.74, 6) is 0.622. The second kappa shape index (κ2) is 12.0. The highest BCUT2D eigenvalue weighted by Gasteiger charge is 2.23. The molecule has 0 N–H and O–H groups in total. The number of nitrogens with zero attached hydrogens (tertiary/aromatic N) is 3. The predicted octanol–water partition coefficient (Wildman–Crippen LogP) is 13.9. The van der Waals surface area contributed by atoms with Gasteiger partial charge in [-0.25, -0.2) is 9.97 Å². The molecule has 0 radical (unpaired) electrons. The summed E-state index contributed by atoms with van der Waals surface area (Å²) in [6, 6.07) is 66.6. The minimum Gasteiger partial charge on any atom is -0.455 e. The van der Waals surface area contributed by atoms with Gasteiger partial charge in [-0.15, -0.1) is 0 Å². The van der Waals surface area contributed by atoms with Gasteiger partial charge in [0.25, 0.3) is 0 Å². The molecule has 0 fully saturated rings. The molecule has 9 aromatic carbocycles. The lowest BCUT2D eigenvalue weighted by Gasteiger charge is -2.14. The van der Waals surface area contributed by atoms with Crippen LogP contribution in [-0.4, -0.2) is 14.5 Å². The van der Waals surface area contributed by atoms with Crippen LogP contribution in [0.15, 0.2) is 192 Å². The van der Waals surface area contributed by atoms with Gasteiger partial charge < -0.3 is 4.42 Å². The van der Waals surface area contributed by atoms with Gasteiger partial charge in [0, 0.05) is 43.6 Å². The Hall–Kier alpha value is -7.56. The van der Waals surface area contributed by atoms with Crippen molar-refractivity contribution in [3.63, 3.8) is 0 Å². The lowest BCUT2D eigenvalue weighted by molar-refractivity contribution is 0.670. The first-order valence-corrected chi connectivity index (χ1v) is 19.0. The molecule has 0 aliphatic rings. The van der Waals surface area contributed by atoms with Crippen LogP contribution < -0.4 is 0 Å². The van der Waals surface area contributed by atoms with Crippen molar-refractivity contribution in [3.05, 3.63) is 188 Å². The van der Waals surface area contributed by atoms with Crippen molar-refractivity contribution in [1.29, 1.82) is 0 Å². The van der Waals surface area contributed by atoms with Crippen LogP contribution in [0.25, 0.3) is 116 Å². The average molecular weight is 714 g/mol. The predicted molar refractivity (Wildman–Crippen MR) is 232 cm³/mol. The van der Waals surface area contributed by atoms with Crippen molar-refractivity contribution >= 4 is 76.2 Å². The fraction of sp³-hybridized carbons (Fsp3) is 0. The number of aromatic nitrogens is 3. The lowest BCUT2D eigenvalue weighted by Crippen LogP contribution is -2.04. The molecule has 4 nitrogen and oxygen atoms in total. The van der Waals surface area contributed by atoms with Crippen LogP contribution in [0.4, 0.5) is 0 Å². The van der Waals surface area contributed by atoms with Crippen molar-refractivity contribution in [2.24, 2.45) is 0 Å². The van der Waals surface area contributed by atoms with Gasteiger partial charge in [-0.05, 0) is 50.9 Å². The molecule has 0 atom stereocenters. The SMILES string of the molecule is c1ccc2c(-c3ccc(-c4nc(-n5c6ccc7ccccc7c6c6cccc(-c7cccc8c7oc7ccccc78)c65)nc5ccccc45)cc3)cccc2c1. The largest absolute Gasteiger partial charge is 0.455 e. The van der Waals surface area contributed by atoms with Crippen LogP contribution in [0.2, 0.25) is 0 Å². The van der Waals surface area contributed by atoms with E-state index in [0.29, 0.717) is 5.95 Å². The molecule has 12 rings (SSSR count). The number of furan rings is 1. The van der Waals surface area contributed by atoms with E-state index in [2.05, 4.69) is 180 Å². The van der Waals surface area contributed by atoms with Crippen molar-refractivity contribution in [3.8, 4) is 39.5 Å². The molecule has 0 saturated carbocycles. The van der Waals surface area contributed by atoms with Crippen LogP contribution in [0.1, 0.15) is 0 Å². The first-order chi connectivity index (χ1) is 27.8. The number of benzene rings is 9. The summed E-state index contributed by atoms with van der Waals surface area (Å²) in [6.07, 6.45) is 0. The third-order valence-corrected chi connectivity index (χ3v) is 11.4. The third-order valence-electron chi connectivity index (χ3n) is 11.4. The molecule has 3 heterocycles. The van der Waals surface area contributed by atoms with Gasteiger partial charge in [-0.3, -0.25) is 4.57 Å². The van der Waals surface area contributed by atoms with Gasteiger partial charge in [0.1, 0.15) is 11.2 Å². The standard InChI is InChI=1S/C52H31N3O/c1-3-15-36-32(12-1)14-9-19-37(36)34-26-28-35(29-27-34)49-43-18-5-7-24-45(43)53-52(54-49)55-46-31-30-33-13-2-4-16-38(33)48(46)44-23-10-20-40(50(44)55)42-22-11-21-41-39-17-6-8-25-47(39)56-51(41)42/h1-31H. The summed E-state index contributed by atoms with van der Waals surface area (Å²) < 4.78 is 8.91. The topological polar surface area (TPSA) is 43.9 Å². The molecular formula is C52H31N3O. The van der Waals surface area contributed by atoms with Crippen LogP contribution >= 0.6 is 0 Å². The first kappa shape index (κ1) is 30.9. The van der Waals surface area contributed by atoms with Crippen LogP contribution in [0.3, 0.4) is 0 Å². The summed E-state index contributed by atoms with van der Waals surface area (Å²) in [6.45, 7) is 0. The van der Waals surface area contributed by atoms with E-state index in [4.69, 9.17) is 14.4 Å². The van der Waals surface area contributed by atoms with E-state index in [1.165, 1.54) is 38.1 Å². The summed E-state index contributed by atoms with van der Waals surface area (Å²) >= 11 is 0. The zero-order valence-corrected chi connectivity index (χ0v) is 30.1. The quantitative estimate of drug-likeness (QED) is 0.182. The molecule has 260 valence electrons. The Morgan fingerprint density at radius 2 is 1.00 bits per heavy atom. The monoisotopic (exact) mass is 713 g/mol. The van der Waals surface area contributed by atoms with E-state index >= 15 is 0 Å². The Bertz CT molecular complexity index is 3530. The Labute approximate surface area is 321 Å². The zero-order valence-electron chi connectivity index (χ0n) is 30.1. The Morgan fingerprint density at radius 1 is 0.393 bits per heavy atom. The van der Waals surface area contributed by atoms with Crippen LogP contribution in [0.5, 0.6) is 0 Å². The molecule has 0 unspecified atom stereocenters. The second-order valence-electron chi connectivity index (χ2n) is 14.5. The fourth-order valence-electron chi connectivity index (χ4n) is 8.89. The maximum Gasteiger partial charge on any atom is 0.235 e. The minimum absolute atomic E-state index is 0.622. The van der Waals surface area contributed by atoms with Gasteiger partial charge in [-0.1, -0.05) is 170 Å². The number of hydrogen-bond acceptors (Lipinski definition) is 3. The zero-order chi connectivity index (χ0) is 36.7. The summed E-state index contributed by atoms with van der Waals surface area (Å²) in [7, 11) is 0. The van der Waals surface area contributed by atoms with Gasteiger partial charge in [0.15, 0.2) is 0 Å².